The molecule has 202 valence electrons. The maximum absolute atomic E-state index is 12.5. The predicted molar refractivity (Wildman–Crippen MR) is 144 cm³/mol. The number of hydrogen-bond donors (Lipinski definition) is 1. The SMILES string of the molecule is CCOP(=O)(CCNCC[N+](C)(C)CCN(Cc1ccc(C[N+](C)(C)CC)cc1)C(C)=O)OCC. The van der Waals surface area contributed by atoms with E-state index in [2.05, 4.69) is 64.7 Å². The van der Waals surface area contributed by atoms with Crippen LogP contribution in [0.4, 0.5) is 0 Å². The second kappa shape index (κ2) is 15.1. The molecular weight excluding hydrogens is 463 g/mol. The number of quaternary nitrogens is 2. The molecule has 0 aliphatic heterocycles. The largest absolute Gasteiger partial charge is 0.333 e. The smallest absolute Gasteiger partial charge is 0.331 e. The molecule has 35 heavy (non-hydrogen) atoms. The third-order valence-electron chi connectivity index (χ3n) is 6.39. The lowest BCUT2D eigenvalue weighted by atomic mass is 10.1. The van der Waals surface area contributed by atoms with E-state index in [-0.39, 0.29) is 5.91 Å². The minimum Gasteiger partial charge on any atom is -0.333 e. The first kappa shape index (κ1) is 31.7. The second-order valence-electron chi connectivity index (χ2n) is 10.5. The first-order valence-corrected chi connectivity index (χ1v) is 14.6. The summed E-state index contributed by atoms with van der Waals surface area (Å²) in [6, 6.07) is 8.66. The number of nitrogens with zero attached hydrogens (tertiary/aromatic N) is 3. The van der Waals surface area contributed by atoms with E-state index in [0.29, 0.717) is 39.0 Å². The zero-order valence-electron chi connectivity index (χ0n) is 23.5. The Balaban J connectivity index is 2.51. The second-order valence-corrected chi connectivity index (χ2v) is 12.7. The maximum Gasteiger partial charge on any atom is 0.331 e. The molecule has 9 heteroatoms. The highest BCUT2D eigenvalue weighted by atomic mass is 31.2. The maximum atomic E-state index is 12.5. The van der Waals surface area contributed by atoms with Crippen LogP contribution in [0.15, 0.2) is 24.3 Å². The molecule has 0 spiro atoms. The van der Waals surface area contributed by atoms with Gasteiger partial charge in [0.15, 0.2) is 0 Å². The number of hydrogen-bond acceptors (Lipinski definition) is 5. The number of rotatable bonds is 18. The van der Waals surface area contributed by atoms with Gasteiger partial charge in [0.2, 0.25) is 5.91 Å². The van der Waals surface area contributed by atoms with Crippen molar-refractivity contribution >= 4 is 13.5 Å². The topological polar surface area (TPSA) is 67.9 Å². The Bertz CT molecular complexity index is 789. The minimum absolute atomic E-state index is 0.0959. The molecule has 0 unspecified atom stereocenters. The van der Waals surface area contributed by atoms with Gasteiger partial charge in [-0.2, -0.15) is 0 Å². The van der Waals surface area contributed by atoms with Crippen molar-refractivity contribution in [1.82, 2.24) is 10.2 Å². The average Bonchev–Trinajstić information content (AvgIpc) is 2.77. The van der Waals surface area contributed by atoms with Gasteiger partial charge >= 0.3 is 7.60 Å². The van der Waals surface area contributed by atoms with Crippen molar-refractivity contribution in [2.24, 2.45) is 0 Å². The lowest BCUT2D eigenvalue weighted by molar-refractivity contribution is -0.901. The Hall–Kier alpha value is -1.28. The molecule has 0 radical (unpaired) electrons. The van der Waals surface area contributed by atoms with E-state index in [0.717, 1.165) is 47.3 Å². The molecule has 8 nitrogen and oxygen atoms in total. The van der Waals surface area contributed by atoms with E-state index in [1.807, 2.05) is 18.7 Å². The van der Waals surface area contributed by atoms with Crippen LogP contribution < -0.4 is 5.32 Å². The quantitative estimate of drug-likeness (QED) is 0.184. The van der Waals surface area contributed by atoms with Crippen LogP contribution in [0.2, 0.25) is 0 Å². The van der Waals surface area contributed by atoms with E-state index in [4.69, 9.17) is 9.05 Å². The van der Waals surface area contributed by atoms with Gasteiger partial charge in [-0.25, -0.2) is 0 Å². The van der Waals surface area contributed by atoms with Crippen LogP contribution in [0.3, 0.4) is 0 Å². The molecule has 0 aromatic heterocycles. The van der Waals surface area contributed by atoms with Gasteiger partial charge in [-0.05, 0) is 26.3 Å². The molecule has 0 saturated carbocycles. The highest BCUT2D eigenvalue weighted by molar-refractivity contribution is 7.53. The Labute approximate surface area is 214 Å². The lowest BCUT2D eigenvalue weighted by Gasteiger charge is -2.33. The molecule has 1 rings (SSSR count). The van der Waals surface area contributed by atoms with Crippen LogP contribution in [0.5, 0.6) is 0 Å². The number of carbonyl (C=O) groups is 1. The van der Waals surface area contributed by atoms with Crippen molar-refractivity contribution in [3.8, 4) is 0 Å². The fourth-order valence-electron chi connectivity index (χ4n) is 3.71. The van der Waals surface area contributed by atoms with Gasteiger partial charge < -0.3 is 28.2 Å². The van der Waals surface area contributed by atoms with Crippen molar-refractivity contribution in [3.05, 3.63) is 35.4 Å². The highest BCUT2D eigenvalue weighted by Gasteiger charge is 2.23. The molecule has 0 aliphatic carbocycles. The van der Waals surface area contributed by atoms with Crippen molar-refractivity contribution in [2.45, 2.75) is 40.8 Å². The van der Waals surface area contributed by atoms with Crippen LogP contribution in [-0.4, -0.2) is 107 Å². The standard InChI is InChI=1S/C26H51N4O4P/c1-9-29(5,6)23-26-14-12-25(13-15-26)22-28(24(4)31)18-20-30(7,8)19-16-27-17-21-35(32,33-10-2)34-11-3/h12-15,27H,9-11,16-23H2,1-8H3/q+2. The summed E-state index contributed by atoms with van der Waals surface area (Å²) >= 11 is 0. The first-order chi connectivity index (χ1) is 16.4. The normalized spacial score (nSPS) is 12.7. The van der Waals surface area contributed by atoms with Crippen LogP contribution in [0, 0.1) is 0 Å². The predicted octanol–water partition coefficient (Wildman–Crippen LogP) is 3.56. The molecule has 0 fully saturated rings. The highest BCUT2D eigenvalue weighted by Crippen LogP contribution is 2.47. The van der Waals surface area contributed by atoms with Crippen molar-refractivity contribution < 1.29 is 27.4 Å². The molecular formula is C26H51N4O4P+2. The van der Waals surface area contributed by atoms with Crippen LogP contribution in [0.25, 0.3) is 0 Å². The van der Waals surface area contributed by atoms with Gasteiger partial charge in [0.05, 0.1) is 73.7 Å². The van der Waals surface area contributed by atoms with Crippen molar-refractivity contribution in [2.75, 3.05) is 86.8 Å². The van der Waals surface area contributed by atoms with E-state index in [9.17, 15) is 9.36 Å². The van der Waals surface area contributed by atoms with Gasteiger partial charge in [0, 0.05) is 32.1 Å². The Morgan fingerprint density at radius 3 is 2.00 bits per heavy atom. The fourth-order valence-corrected chi connectivity index (χ4v) is 5.26. The summed E-state index contributed by atoms with van der Waals surface area (Å²) in [5, 5.41) is 3.36. The molecule has 0 atom stereocenters. The zero-order chi connectivity index (χ0) is 26.5. The lowest BCUT2D eigenvalue weighted by Crippen LogP contribution is -2.49. The summed E-state index contributed by atoms with van der Waals surface area (Å²) < 4.78 is 24.9. The van der Waals surface area contributed by atoms with Gasteiger partial charge in [-0.1, -0.05) is 24.3 Å². The molecule has 1 aromatic carbocycles. The fraction of sp³-hybridized carbons (Fsp3) is 0.731. The Morgan fingerprint density at radius 2 is 1.49 bits per heavy atom. The monoisotopic (exact) mass is 514 g/mol. The van der Waals surface area contributed by atoms with Gasteiger partial charge in [0.25, 0.3) is 0 Å². The van der Waals surface area contributed by atoms with E-state index in [1.54, 1.807) is 6.92 Å². The molecule has 0 aliphatic rings. The summed E-state index contributed by atoms with van der Waals surface area (Å²) in [7, 11) is 5.82. The van der Waals surface area contributed by atoms with E-state index < -0.39 is 7.60 Å². The van der Waals surface area contributed by atoms with Crippen LogP contribution in [-0.2, 0) is 31.5 Å². The van der Waals surface area contributed by atoms with Gasteiger partial charge in [-0.15, -0.1) is 0 Å². The van der Waals surface area contributed by atoms with Crippen LogP contribution in [0.1, 0.15) is 38.8 Å². The molecule has 1 aromatic rings. The zero-order valence-corrected chi connectivity index (χ0v) is 24.4. The van der Waals surface area contributed by atoms with Gasteiger partial charge in [0.1, 0.15) is 6.54 Å². The summed E-state index contributed by atoms with van der Waals surface area (Å²) in [5.74, 6) is 0.0959. The Kier molecular flexibility index (Phi) is 13.7. The number of carbonyl (C=O) groups excluding carboxylic acids is 1. The number of amides is 1. The van der Waals surface area contributed by atoms with E-state index >= 15 is 0 Å². The van der Waals surface area contributed by atoms with Gasteiger partial charge in [-0.3, -0.25) is 9.36 Å². The summed E-state index contributed by atoms with van der Waals surface area (Å²) in [6.07, 6.45) is 0.369. The molecule has 1 N–H and O–H groups in total. The third kappa shape index (κ3) is 13.0. The number of likely N-dealkylation sites (N-methyl/N-ethyl adjacent to an activating group) is 1. The minimum atomic E-state index is -3.00. The molecule has 0 saturated heterocycles. The summed E-state index contributed by atoms with van der Waals surface area (Å²) in [6.45, 7) is 14.8. The summed E-state index contributed by atoms with van der Waals surface area (Å²) in [4.78, 5) is 14.2. The number of benzene rings is 1. The molecule has 0 heterocycles. The average molecular weight is 515 g/mol. The number of nitrogens with one attached hydrogen (secondary N) is 1. The first-order valence-electron chi connectivity index (χ1n) is 12.9. The summed E-state index contributed by atoms with van der Waals surface area (Å²) in [5.41, 5.74) is 2.48. The molecule has 1 amide bonds. The van der Waals surface area contributed by atoms with Crippen LogP contribution >= 0.6 is 7.60 Å². The van der Waals surface area contributed by atoms with Crippen molar-refractivity contribution in [3.63, 3.8) is 0 Å². The molecule has 0 bridgehead atoms. The van der Waals surface area contributed by atoms with Crippen molar-refractivity contribution in [1.29, 1.82) is 0 Å². The third-order valence-corrected chi connectivity index (χ3v) is 8.47. The van der Waals surface area contributed by atoms with E-state index in [1.165, 1.54) is 5.56 Å². The Morgan fingerprint density at radius 1 is 0.914 bits per heavy atom.